The standard InChI is InChI=1S/C20H23ClN2O4S2/c1-15-2-7-18(29(25,26)23-9-11-27-12-10-23)14-19(15)20(24)22-8-13-28-17-5-3-16(21)4-6-17/h2-7,14H,8-13H2,1H3,(H,22,24). The summed E-state index contributed by atoms with van der Waals surface area (Å²) in [6.45, 7) is 3.65. The summed E-state index contributed by atoms with van der Waals surface area (Å²) < 4.78 is 32.3. The first-order chi connectivity index (χ1) is 13.9. The van der Waals surface area contributed by atoms with Gasteiger partial charge in [-0.2, -0.15) is 4.31 Å². The van der Waals surface area contributed by atoms with Crippen LogP contribution in [0.15, 0.2) is 52.3 Å². The largest absolute Gasteiger partial charge is 0.379 e. The molecule has 0 aromatic heterocycles. The predicted octanol–water partition coefficient (Wildman–Crippen LogP) is 3.19. The molecule has 156 valence electrons. The number of carbonyl (C=O) groups is 1. The Morgan fingerprint density at radius 1 is 1.17 bits per heavy atom. The highest BCUT2D eigenvalue weighted by Crippen LogP contribution is 2.21. The van der Waals surface area contributed by atoms with Crippen LogP contribution in [0.2, 0.25) is 5.02 Å². The summed E-state index contributed by atoms with van der Waals surface area (Å²) in [5, 5.41) is 3.55. The van der Waals surface area contributed by atoms with Gasteiger partial charge in [0.1, 0.15) is 0 Å². The minimum absolute atomic E-state index is 0.130. The minimum Gasteiger partial charge on any atom is -0.379 e. The van der Waals surface area contributed by atoms with E-state index in [0.717, 1.165) is 10.5 Å². The molecule has 2 aromatic rings. The van der Waals surface area contributed by atoms with Crippen LogP contribution in [0.25, 0.3) is 0 Å². The van der Waals surface area contributed by atoms with E-state index in [4.69, 9.17) is 16.3 Å². The Morgan fingerprint density at radius 2 is 1.86 bits per heavy atom. The third kappa shape index (κ3) is 5.73. The van der Waals surface area contributed by atoms with E-state index in [1.165, 1.54) is 10.4 Å². The number of hydrogen-bond acceptors (Lipinski definition) is 5. The summed E-state index contributed by atoms with van der Waals surface area (Å²) in [7, 11) is -3.64. The van der Waals surface area contributed by atoms with Crippen LogP contribution in [-0.2, 0) is 14.8 Å². The number of amides is 1. The van der Waals surface area contributed by atoms with Crippen LogP contribution in [0, 0.1) is 6.92 Å². The van der Waals surface area contributed by atoms with Gasteiger partial charge in [-0.05, 0) is 48.9 Å². The molecule has 0 aliphatic carbocycles. The van der Waals surface area contributed by atoms with Gasteiger partial charge in [-0.25, -0.2) is 8.42 Å². The fraction of sp³-hybridized carbons (Fsp3) is 0.350. The lowest BCUT2D eigenvalue weighted by Crippen LogP contribution is -2.40. The highest BCUT2D eigenvalue weighted by molar-refractivity contribution is 7.99. The maximum absolute atomic E-state index is 12.8. The number of halogens is 1. The monoisotopic (exact) mass is 454 g/mol. The van der Waals surface area contributed by atoms with Crippen LogP contribution in [-0.4, -0.2) is 57.2 Å². The molecule has 0 radical (unpaired) electrons. The van der Waals surface area contributed by atoms with E-state index in [0.29, 0.717) is 49.2 Å². The molecular weight excluding hydrogens is 432 g/mol. The summed E-state index contributed by atoms with van der Waals surface area (Å²) in [6, 6.07) is 12.2. The zero-order valence-corrected chi connectivity index (χ0v) is 18.4. The first-order valence-corrected chi connectivity index (χ1v) is 12.0. The van der Waals surface area contributed by atoms with Crippen LogP contribution in [0.4, 0.5) is 0 Å². The third-order valence-electron chi connectivity index (χ3n) is 4.53. The number of thioether (sulfide) groups is 1. The smallest absolute Gasteiger partial charge is 0.251 e. The van der Waals surface area contributed by atoms with Gasteiger partial charge in [0.2, 0.25) is 10.0 Å². The average molecular weight is 455 g/mol. The summed E-state index contributed by atoms with van der Waals surface area (Å²) in [4.78, 5) is 13.8. The molecule has 0 spiro atoms. The minimum atomic E-state index is -3.64. The van der Waals surface area contributed by atoms with Crippen LogP contribution >= 0.6 is 23.4 Å². The van der Waals surface area contributed by atoms with Crippen LogP contribution in [0.1, 0.15) is 15.9 Å². The van der Waals surface area contributed by atoms with Crippen LogP contribution in [0.5, 0.6) is 0 Å². The zero-order chi connectivity index (χ0) is 20.9. The van der Waals surface area contributed by atoms with Gasteiger partial charge in [0.05, 0.1) is 18.1 Å². The Labute approximate surface area is 180 Å². The second kappa shape index (κ2) is 9.95. The number of rotatable bonds is 7. The van der Waals surface area contributed by atoms with Gasteiger partial charge >= 0.3 is 0 Å². The number of aryl methyl sites for hydroxylation is 1. The molecule has 1 aliphatic rings. The number of carbonyl (C=O) groups excluding carboxylic acids is 1. The van der Waals surface area contributed by atoms with Gasteiger partial charge in [-0.1, -0.05) is 17.7 Å². The highest BCUT2D eigenvalue weighted by atomic mass is 35.5. The first kappa shape index (κ1) is 22.1. The fourth-order valence-corrected chi connectivity index (χ4v) is 5.23. The second-order valence-corrected chi connectivity index (χ2v) is 10.1. The van der Waals surface area contributed by atoms with Crippen molar-refractivity contribution in [1.82, 2.24) is 9.62 Å². The van der Waals surface area contributed by atoms with Gasteiger partial charge < -0.3 is 10.1 Å². The molecule has 1 saturated heterocycles. The molecular formula is C20H23ClN2O4S2. The highest BCUT2D eigenvalue weighted by Gasteiger charge is 2.27. The lowest BCUT2D eigenvalue weighted by molar-refractivity contribution is 0.0730. The molecule has 29 heavy (non-hydrogen) atoms. The number of morpholine rings is 1. The summed E-state index contributed by atoms with van der Waals surface area (Å²) in [5.41, 5.74) is 1.10. The maximum atomic E-state index is 12.8. The first-order valence-electron chi connectivity index (χ1n) is 9.23. The van der Waals surface area contributed by atoms with Crippen LogP contribution in [0.3, 0.4) is 0 Å². The van der Waals surface area contributed by atoms with Crippen molar-refractivity contribution in [2.45, 2.75) is 16.7 Å². The van der Waals surface area contributed by atoms with Crippen molar-refractivity contribution in [3.63, 3.8) is 0 Å². The molecule has 0 bridgehead atoms. The number of benzene rings is 2. The topological polar surface area (TPSA) is 75.7 Å². The van der Waals surface area contributed by atoms with Crippen molar-refractivity contribution in [3.05, 3.63) is 58.6 Å². The molecule has 1 N–H and O–H groups in total. The van der Waals surface area contributed by atoms with Crippen molar-refractivity contribution >= 4 is 39.3 Å². The molecule has 9 heteroatoms. The molecule has 0 saturated carbocycles. The molecule has 3 rings (SSSR count). The number of sulfonamides is 1. The third-order valence-corrected chi connectivity index (χ3v) is 7.69. The van der Waals surface area contributed by atoms with Crippen molar-refractivity contribution in [2.75, 3.05) is 38.6 Å². The number of hydrogen-bond donors (Lipinski definition) is 1. The maximum Gasteiger partial charge on any atom is 0.251 e. The molecule has 1 fully saturated rings. The van der Waals surface area contributed by atoms with E-state index in [2.05, 4.69) is 5.32 Å². The van der Waals surface area contributed by atoms with Gasteiger partial charge in [-0.15, -0.1) is 11.8 Å². The number of nitrogens with one attached hydrogen (secondary N) is 1. The quantitative estimate of drug-likeness (QED) is 0.513. The molecule has 0 unspecified atom stereocenters. The molecule has 1 aliphatic heterocycles. The Kier molecular flexibility index (Phi) is 7.59. The molecule has 0 atom stereocenters. The number of ether oxygens (including phenoxy) is 1. The summed E-state index contributed by atoms with van der Waals surface area (Å²) in [6.07, 6.45) is 0. The van der Waals surface area contributed by atoms with E-state index in [1.807, 2.05) is 24.3 Å². The number of nitrogens with zero attached hydrogens (tertiary/aromatic N) is 1. The molecule has 6 nitrogen and oxygen atoms in total. The van der Waals surface area contributed by atoms with Gasteiger partial charge in [-0.3, -0.25) is 4.79 Å². The van der Waals surface area contributed by atoms with Gasteiger partial charge in [0, 0.05) is 40.9 Å². The normalized spacial score (nSPS) is 15.2. The lowest BCUT2D eigenvalue weighted by Gasteiger charge is -2.26. The second-order valence-electron chi connectivity index (χ2n) is 6.55. The van der Waals surface area contributed by atoms with E-state index in [9.17, 15) is 13.2 Å². The van der Waals surface area contributed by atoms with Gasteiger partial charge in [0.25, 0.3) is 5.91 Å². The molecule has 2 aromatic carbocycles. The van der Waals surface area contributed by atoms with Gasteiger partial charge in [0.15, 0.2) is 0 Å². The lowest BCUT2D eigenvalue weighted by atomic mass is 10.1. The molecule has 1 amide bonds. The fourth-order valence-electron chi connectivity index (χ4n) is 2.90. The predicted molar refractivity (Wildman–Crippen MR) is 115 cm³/mol. The van der Waals surface area contributed by atoms with E-state index in [1.54, 1.807) is 30.8 Å². The molecule has 1 heterocycles. The summed E-state index contributed by atoms with van der Waals surface area (Å²) in [5.74, 6) is 0.413. The Morgan fingerprint density at radius 3 is 2.55 bits per heavy atom. The van der Waals surface area contributed by atoms with Crippen molar-refractivity contribution in [2.24, 2.45) is 0 Å². The van der Waals surface area contributed by atoms with Crippen LogP contribution < -0.4 is 5.32 Å². The van der Waals surface area contributed by atoms with Crippen molar-refractivity contribution in [3.8, 4) is 0 Å². The summed E-state index contributed by atoms with van der Waals surface area (Å²) >= 11 is 7.48. The Bertz CT molecular complexity index is 959. The Balaban J connectivity index is 1.62. The van der Waals surface area contributed by atoms with E-state index < -0.39 is 10.0 Å². The van der Waals surface area contributed by atoms with Crippen molar-refractivity contribution < 1.29 is 17.9 Å². The average Bonchev–Trinajstić information content (AvgIpc) is 2.73. The van der Waals surface area contributed by atoms with E-state index in [-0.39, 0.29) is 10.8 Å². The van der Waals surface area contributed by atoms with Crippen molar-refractivity contribution in [1.29, 1.82) is 0 Å². The Hall–Kier alpha value is -1.58. The van der Waals surface area contributed by atoms with E-state index >= 15 is 0 Å². The zero-order valence-electron chi connectivity index (χ0n) is 16.1. The SMILES string of the molecule is Cc1ccc(S(=O)(=O)N2CCOCC2)cc1C(=O)NCCSc1ccc(Cl)cc1.